The number of hydrogen-bond donors (Lipinski definition) is 0. The molecule has 0 radical (unpaired) electrons. The van der Waals surface area contributed by atoms with Crippen molar-refractivity contribution < 1.29 is 14.5 Å². The van der Waals surface area contributed by atoms with Crippen LogP contribution >= 0.6 is 0 Å². The van der Waals surface area contributed by atoms with Gasteiger partial charge in [0, 0.05) is 11.6 Å². The summed E-state index contributed by atoms with van der Waals surface area (Å²) >= 11 is 0. The first-order valence-electron chi connectivity index (χ1n) is 5.88. The number of benzene rings is 1. The van der Waals surface area contributed by atoms with Gasteiger partial charge in [-0.3, -0.25) is 14.9 Å². The number of carbonyl (C=O) groups is 1. The molecule has 1 aromatic carbocycles. The van der Waals surface area contributed by atoms with Gasteiger partial charge in [0.25, 0.3) is 5.69 Å². The lowest BCUT2D eigenvalue weighted by Gasteiger charge is -2.08. The van der Waals surface area contributed by atoms with Crippen LogP contribution in [0, 0.1) is 17.0 Å². The van der Waals surface area contributed by atoms with Crippen LogP contribution in [0.25, 0.3) is 0 Å². The molecule has 0 saturated heterocycles. The minimum atomic E-state index is -0.417. The molecule has 0 aliphatic carbocycles. The van der Waals surface area contributed by atoms with Crippen molar-refractivity contribution in [1.29, 1.82) is 0 Å². The van der Waals surface area contributed by atoms with Crippen LogP contribution in [0.1, 0.15) is 21.6 Å². The molecule has 0 fully saturated rings. The zero-order chi connectivity index (χ0) is 14.5. The molecule has 0 saturated carbocycles. The van der Waals surface area contributed by atoms with Gasteiger partial charge in [-0.15, -0.1) is 0 Å². The largest absolute Gasteiger partial charge is 0.487 e. The van der Waals surface area contributed by atoms with Crippen molar-refractivity contribution in [2.45, 2.75) is 13.5 Å². The van der Waals surface area contributed by atoms with Gasteiger partial charge in [-0.25, -0.2) is 4.98 Å². The van der Waals surface area contributed by atoms with E-state index in [1.165, 1.54) is 12.3 Å². The number of ether oxygens (including phenoxy) is 1. The molecule has 20 heavy (non-hydrogen) atoms. The van der Waals surface area contributed by atoms with Crippen molar-refractivity contribution in [3.05, 3.63) is 63.5 Å². The summed E-state index contributed by atoms with van der Waals surface area (Å²) in [7, 11) is 0. The molecule has 0 bridgehead atoms. The third-order valence-corrected chi connectivity index (χ3v) is 2.89. The van der Waals surface area contributed by atoms with Gasteiger partial charge in [0.2, 0.25) is 0 Å². The topological polar surface area (TPSA) is 82.3 Å². The Balaban J connectivity index is 2.12. The maximum Gasteiger partial charge on any atom is 0.272 e. The van der Waals surface area contributed by atoms with Crippen LogP contribution in [0.4, 0.5) is 5.69 Å². The number of nitro benzene ring substituents is 1. The van der Waals surface area contributed by atoms with Gasteiger partial charge in [-0.05, 0) is 24.6 Å². The number of hydrogen-bond acceptors (Lipinski definition) is 5. The summed E-state index contributed by atoms with van der Waals surface area (Å²) < 4.78 is 5.51. The summed E-state index contributed by atoms with van der Waals surface area (Å²) in [4.78, 5) is 24.8. The fraction of sp³-hybridized carbons (Fsp3) is 0.143. The van der Waals surface area contributed by atoms with Gasteiger partial charge in [-0.1, -0.05) is 12.1 Å². The molecule has 102 valence electrons. The minimum absolute atomic E-state index is 0.0699. The molecule has 0 spiro atoms. The first-order chi connectivity index (χ1) is 9.61. The maximum absolute atomic E-state index is 10.8. The molecule has 0 aliphatic heterocycles. The molecule has 0 amide bonds. The van der Waals surface area contributed by atoms with Crippen LogP contribution in [0.3, 0.4) is 0 Å². The van der Waals surface area contributed by atoms with Crippen LogP contribution in [0.15, 0.2) is 36.5 Å². The standard InChI is InChI=1S/C14H12N2O4/c1-10-11(3-2-4-14(10)16(18)19)9-20-13-6-5-12(8-17)15-7-13/h2-8H,9H2,1H3. The third kappa shape index (κ3) is 2.97. The van der Waals surface area contributed by atoms with Crippen molar-refractivity contribution in [3.8, 4) is 5.75 Å². The van der Waals surface area contributed by atoms with E-state index < -0.39 is 4.92 Å². The lowest BCUT2D eigenvalue weighted by molar-refractivity contribution is -0.385. The third-order valence-electron chi connectivity index (χ3n) is 2.89. The zero-order valence-electron chi connectivity index (χ0n) is 10.8. The van der Waals surface area contributed by atoms with Crippen LogP contribution in [-0.4, -0.2) is 16.2 Å². The van der Waals surface area contributed by atoms with Crippen LogP contribution in [-0.2, 0) is 6.61 Å². The van der Waals surface area contributed by atoms with E-state index in [0.29, 0.717) is 23.3 Å². The molecule has 0 unspecified atom stereocenters. The first-order valence-corrected chi connectivity index (χ1v) is 5.88. The molecule has 6 nitrogen and oxygen atoms in total. The van der Waals surface area contributed by atoms with Gasteiger partial charge in [-0.2, -0.15) is 0 Å². The maximum atomic E-state index is 10.8. The highest BCUT2D eigenvalue weighted by atomic mass is 16.6. The molecule has 0 aliphatic rings. The Morgan fingerprint density at radius 3 is 2.75 bits per heavy atom. The summed E-state index contributed by atoms with van der Waals surface area (Å²) in [6, 6.07) is 8.03. The van der Waals surface area contributed by atoms with Crippen LogP contribution < -0.4 is 4.74 Å². The Hall–Kier alpha value is -2.76. The fourth-order valence-corrected chi connectivity index (χ4v) is 1.73. The number of carbonyl (C=O) groups excluding carboxylic acids is 1. The molecule has 0 atom stereocenters. The highest BCUT2D eigenvalue weighted by molar-refractivity contribution is 5.71. The van der Waals surface area contributed by atoms with Crippen molar-refractivity contribution in [2.24, 2.45) is 0 Å². The Morgan fingerprint density at radius 2 is 2.15 bits per heavy atom. The normalized spacial score (nSPS) is 10.1. The van der Waals surface area contributed by atoms with E-state index in [1.54, 1.807) is 31.2 Å². The lowest BCUT2D eigenvalue weighted by Crippen LogP contribution is -2.01. The highest BCUT2D eigenvalue weighted by Crippen LogP contribution is 2.22. The van der Waals surface area contributed by atoms with Gasteiger partial charge in [0.1, 0.15) is 18.1 Å². The number of rotatable bonds is 5. The van der Waals surface area contributed by atoms with Crippen LogP contribution in [0.2, 0.25) is 0 Å². The van der Waals surface area contributed by atoms with Crippen molar-refractivity contribution in [1.82, 2.24) is 4.98 Å². The van der Waals surface area contributed by atoms with Gasteiger partial charge < -0.3 is 4.74 Å². The Morgan fingerprint density at radius 1 is 1.35 bits per heavy atom. The average Bonchev–Trinajstić information content (AvgIpc) is 2.46. The van der Waals surface area contributed by atoms with E-state index in [4.69, 9.17) is 4.74 Å². The molecule has 1 heterocycles. The highest BCUT2D eigenvalue weighted by Gasteiger charge is 2.13. The Bertz CT molecular complexity index is 638. The van der Waals surface area contributed by atoms with E-state index in [9.17, 15) is 14.9 Å². The molecular weight excluding hydrogens is 260 g/mol. The van der Waals surface area contributed by atoms with E-state index in [2.05, 4.69) is 4.98 Å². The first kappa shape index (κ1) is 13.7. The van der Waals surface area contributed by atoms with E-state index in [0.717, 1.165) is 5.56 Å². The van der Waals surface area contributed by atoms with Gasteiger partial charge >= 0.3 is 0 Å². The summed E-state index contributed by atoms with van der Waals surface area (Å²) in [6.07, 6.45) is 2.09. The summed E-state index contributed by atoms with van der Waals surface area (Å²) in [5, 5.41) is 10.8. The monoisotopic (exact) mass is 272 g/mol. The minimum Gasteiger partial charge on any atom is -0.487 e. The van der Waals surface area contributed by atoms with E-state index >= 15 is 0 Å². The average molecular weight is 272 g/mol. The second-order valence-corrected chi connectivity index (χ2v) is 4.14. The predicted octanol–water partition coefficient (Wildman–Crippen LogP) is 2.69. The Labute approximate surface area is 115 Å². The molecule has 2 aromatic rings. The number of pyridine rings is 1. The summed E-state index contributed by atoms with van der Waals surface area (Å²) in [6.45, 7) is 1.89. The molecule has 2 rings (SSSR count). The number of aldehydes is 1. The SMILES string of the molecule is Cc1c(COc2ccc(C=O)nc2)cccc1[N+](=O)[O-]. The number of aromatic nitrogens is 1. The molecular formula is C14H12N2O4. The van der Waals surface area contributed by atoms with Crippen molar-refractivity contribution >= 4 is 12.0 Å². The van der Waals surface area contributed by atoms with Gasteiger partial charge in [0.05, 0.1) is 11.1 Å². The molecule has 1 aromatic heterocycles. The smallest absolute Gasteiger partial charge is 0.272 e. The van der Waals surface area contributed by atoms with E-state index in [-0.39, 0.29) is 12.3 Å². The van der Waals surface area contributed by atoms with Crippen LogP contribution in [0.5, 0.6) is 5.75 Å². The molecule has 6 heteroatoms. The summed E-state index contributed by atoms with van der Waals surface area (Å²) in [5.74, 6) is 0.501. The zero-order valence-corrected chi connectivity index (χ0v) is 10.8. The summed E-state index contributed by atoms with van der Waals surface area (Å²) in [5.41, 5.74) is 1.71. The number of nitrogens with zero attached hydrogens (tertiary/aromatic N) is 2. The second-order valence-electron chi connectivity index (χ2n) is 4.14. The lowest BCUT2D eigenvalue weighted by atomic mass is 10.1. The number of nitro groups is 1. The predicted molar refractivity (Wildman–Crippen MR) is 71.8 cm³/mol. The van der Waals surface area contributed by atoms with E-state index in [1.807, 2.05) is 0 Å². The second kappa shape index (κ2) is 5.92. The molecule has 0 N–H and O–H groups in total. The fourth-order valence-electron chi connectivity index (χ4n) is 1.73. The van der Waals surface area contributed by atoms with Crippen molar-refractivity contribution in [2.75, 3.05) is 0 Å². The Kier molecular flexibility index (Phi) is 4.05. The van der Waals surface area contributed by atoms with Crippen molar-refractivity contribution in [3.63, 3.8) is 0 Å². The quantitative estimate of drug-likeness (QED) is 0.474. The van der Waals surface area contributed by atoms with Gasteiger partial charge in [0.15, 0.2) is 6.29 Å².